The van der Waals surface area contributed by atoms with Crippen LogP contribution in [0.4, 0.5) is 0 Å². The van der Waals surface area contributed by atoms with Gasteiger partial charge in [-0.15, -0.1) is 0 Å². The first-order valence-electron chi connectivity index (χ1n) is 8.11. The van der Waals surface area contributed by atoms with Crippen LogP contribution in [0.3, 0.4) is 0 Å². The summed E-state index contributed by atoms with van der Waals surface area (Å²) in [4.78, 5) is 17.0. The minimum absolute atomic E-state index is 0.0459. The summed E-state index contributed by atoms with van der Waals surface area (Å²) in [5.41, 5.74) is 2.39. The van der Waals surface area contributed by atoms with Crippen LogP contribution in [0, 0.1) is 0 Å². The van der Waals surface area contributed by atoms with Crippen molar-refractivity contribution < 1.29 is 4.79 Å². The summed E-state index contributed by atoms with van der Waals surface area (Å²) in [6.45, 7) is 0. The molecule has 1 fully saturated rings. The third-order valence-corrected chi connectivity index (χ3v) is 5.01. The van der Waals surface area contributed by atoms with Crippen LogP contribution in [0.1, 0.15) is 35.2 Å². The standard InChI is InChI=1S/C20H17ClN2O/c21-18-10-8-14-13-15(7-9-17(14)22-18)19(24)23-20(11-4-12-20)16-5-2-1-3-6-16/h1-3,5-10,13H,4,11-12H2,(H,23,24). The van der Waals surface area contributed by atoms with Crippen molar-refractivity contribution in [1.29, 1.82) is 0 Å². The number of hydrogen-bond donors (Lipinski definition) is 1. The van der Waals surface area contributed by atoms with E-state index in [-0.39, 0.29) is 11.4 Å². The normalized spacial score (nSPS) is 15.7. The van der Waals surface area contributed by atoms with Gasteiger partial charge in [-0.3, -0.25) is 4.79 Å². The van der Waals surface area contributed by atoms with Gasteiger partial charge in [0.2, 0.25) is 0 Å². The number of nitrogens with zero attached hydrogens (tertiary/aromatic N) is 1. The molecule has 4 rings (SSSR count). The molecule has 2 aromatic carbocycles. The van der Waals surface area contributed by atoms with Crippen LogP contribution in [0.25, 0.3) is 10.9 Å². The molecule has 3 aromatic rings. The topological polar surface area (TPSA) is 42.0 Å². The summed E-state index contributed by atoms with van der Waals surface area (Å²) in [6, 6.07) is 19.4. The van der Waals surface area contributed by atoms with Gasteiger partial charge in [-0.1, -0.05) is 41.9 Å². The number of carbonyl (C=O) groups excluding carboxylic acids is 1. The predicted octanol–water partition coefficient (Wildman–Crippen LogP) is 4.70. The molecular formula is C20H17ClN2O. The summed E-state index contributed by atoms with van der Waals surface area (Å²) in [7, 11) is 0. The van der Waals surface area contributed by atoms with Gasteiger partial charge in [-0.2, -0.15) is 0 Å². The Hall–Kier alpha value is -2.39. The third kappa shape index (κ3) is 2.65. The summed E-state index contributed by atoms with van der Waals surface area (Å²) >= 11 is 5.91. The van der Waals surface area contributed by atoms with E-state index in [0.29, 0.717) is 10.7 Å². The smallest absolute Gasteiger partial charge is 0.251 e. The van der Waals surface area contributed by atoms with Crippen LogP contribution in [-0.2, 0) is 5.54 Å². The second kappa shape index (κ2) is 5.91. The molecule has 0 unspecified atom stereocenters. The molecule has 0 atom stereocenters. The Labute approximate surface area is 145 Å². The number of aromatic nitrogens is 1. The largest absolute Gasteiger partial charge is 0.343 e. The molecule has 1 aromatic heterocycles. The maximum absolute atomic E-state index is 12.8. The highest BCUT2D eigenvalue weighted by molar-refractivity contribution is 6.29. The number of amides is 1. The Morgan fingerprint density at radius 2 is 1.83 bits per heavy atom. The molecule has 24 heavy (non-hydrogen) atoms. The molecule has 1 heterocycles. The van der Waals surface area contributed by atoms with E-state index in [4.69, 9.17) is 11.6 Å². The Balaban J connectivity index is 1.63. The third-order valence-electron chi connectivity index (χ3n) is 4.80. The molecule has 4 heteroatoms. The fraction of sp³-hybridized carbons (Fsp3) is 0.200. The van der Waals surface area contributed by atoms with Gasteiger partial charge in [-0.05, 0) is 55.2 Å². The van der Waals surface area contributed by atoms with Crippen molar-refractivity contribution in [3.63, 3.8) is 0 Å². The monoisotopic (exact) mass is 336 g/mol. The van der Waals surface area contributed by atoms with Crippen molar-refractivity contribution in [3.05, 3.63) is 76.9 Å². The van der Waals surface area contributed by atoms with Crippen molar-refractivity contribution in [2.24, 2.45) is 0 Å². The number of fused-ring (bicyclic) bond motifs is 1. The number of nitrogens with one attached hydrogen (secondary N) is 1. The van der Waals surface area contributed by atoms with Gasteiger partial charge in [0.05, 0.1) is 11.1 Å². The summed E-state index contributed by atoms with van der Waals surface area (Å²) < 4.78 is 0. The van der Waals surface area contributed by atoms with E-state index in [1.165, 1.54) is 5.56 Å². The highest BCUT2D eigenvalue weighted by Crippen LogP contribution is 2.41. The van der Waals surface area contributed by atoms with E-state index in [1.807, 2.05) is 36.4 Å². The molecule has 0 saturated heterocycles. The number of hydrogen-bond acceptors (Lipinski definition) is 2. The molecule has 0 bridgehead atoms. The second-order valence-corrected chi connectivity index (χ2v) is 6.68. The van der Waals surface area contributed by atoms with Crippen LogP contribution in [0.5, 0.6) is 0 Å². The van der Waals surface area contributed by atoms with E-state index in [0.717, 1.165) is 30.2 Å². The first-order chi connectivity index (χ1) is 11.7. The molecule has 0 aliphatic heterocycles. The number of rotatable bonds is 3. The summed E-state index contributed by atoms with van der Waals surface area (Å²) in [5, 5.41) is 4.62. The van der Waals surface area contributed by atoms with Crippen LogP contribution >= 0.6 is 11.6 Å². The molecule has 1 amide bonds. The van der Waals surface area contributed by atoms with Gasteiger partial charge in [0.15, 0.2) is 0 Å². The minimum atomic E-state index is -0.231. The highest BCUT2D eigenvalue weighted by atomic mass is 35.5. The first kappa shape index (κ1) is 15.2. The molecule has 0 spiro atoms. The Bertz CT molecular complexity index is 904. The minimum Gasteiger partial charge on any atom is -0.343 e. The molecule has 1 N–H and O–H groups in total. The van der Waals surface area contributed by atoms with Crippen LogP contribution in [-0.4, -0.2) is 10.9 Å². The summed E-state index contributed by atoms with van der Waals surface area (Å²) in [5.74, 6) is -0.0459. The van der Waals surface area contributed by atoms with Crippen molar-refractivity contribution >= 4 is 28.4 Å². The first-order valence-corrected chi connectivity index (χ1v) is 8.48. The van der Waals surface area contributed by atoms with E-state index >= 15 is 0 Å². The second-order valence-electron chi connectivity index (χ2n) is 6.30. The van der Waals surface area contributed by atoms with Crippen molar-refractivity contribution in [3.8, 4) is 0 Å². The highest BCUT2D eigenvalue weighted by Gasteiger charge is 2.40. The van der Waals surface area contributed by atoms with Crippen molar-refractivity contribution in [2.45, 2.75) is 24.8 Å². The van der Waals surface area contributed by atoms with Gasteiger partial charge in [0, 0.05) is 10.9 Å². The van der Waals surface area contributed by atoms with E-state index < -0.39 is 0 Å². The number of pyridine rings is 1. The predicted molar refractivity (Wildman–Crippen MR) is 96.2 cm³/mol. The van der Waals surface area contributed by atoms with E-state index in [9.17, 15) is 4.79 Å². The molecule has 0 radical (unpaired) electrons. The average Bonchev–Trinajstić information content (AvgIpc) is 2.58. The van der Waals surface area contributed by atoms with Gasteiger partial charge in [0.25, 0.3) is 5.91 Å². The lowest BCUT2D eigenvalue weighted by molar-refractivity contribution is 0.0823. The maximum Gasteiger partial charge on any atom is 0.251 e. The lowest BCUT2D eigenvalue weighted by Gasteiger charge is -2.43. The van der Waals surface area contributed by atoms with Gasteiger partial charge >= 0.3 is 0 Å². The zero-order chi connectivity index (χ0) is 16.6. The maximum atomic E-state index is 12.8. The van der Waals surface area contributed by atoms with E-state index in [1.54, 1.807) is 12.1 Å². The lowest BCUT2D eigenvalue weighted by atomic mass is 9.71. The fourth-order valence-electron chi connectivity index (χ4n) is 3.30. The average molecular weight is 337 g/mol. The number of halogens is 1. The molecule has 120 valence electrons. The molecule has 3 nitrogen and oxygen atoms in total. The number of carbonyl (C=O) groups is 1. The lowest BCUT2D eigenvalue weighted by Crippen LogP contribution is -2.50. The van der Waals surface area contributed by atoms with Crippen LogP contribution in [0.15, 0.2) is 60.7 Å². The quantitative estimate of drug-likeness (QED) is 0.704. The van der Waals surface area contributed by atoms with Crippen molar-refractivity contribution in [2.75, 3.05) is 0 Å². The van der Waals surface area contributed by atoms with Gasteiger partial charge < -0.3 is 5.32 Å². The number of benzene rings is 2. The van der Waals surface area contributed by atoms with E-state index in [2.05, 4.69) is 22.4 Å². The molecular weight excluding hydrogens is 320 g/mol. The van der Waals surface area contributed by atoms with Crippen molar-refractivity contribution in [1.82, 2.24) is 10.3 Å². The summed E-state index contributed by atoms with van der Waals surface area (Å²) in [6.07, 6.45) is 3.09. The van der Waals surface area contributed by atoms with Gasteiger partial charge in [0.1, 0.15) is 5.15 Å². The van der Waals surface area contributed by atoms with Crippen LogP contribution < -0.4 is 5.32 Å². The molecule has 1 saturated carbocycles. The Morgan fingerprint density at radius 1 is 1.04 bits per heavy atom. The Morgan fingerprint density at radius 3 is 2.54 bits per heavy atom. The van der Waals surface area contributed by atoms with Gasteiger partial charge in [-0.25, -0.2) is 4.98 Å². The Kier molecular flexibility index (Phi) is 3.73. The zero-order valence-corrected chi connectivity index (χ0v) is 13.9. The zero-order valence-electron chi connectivity index (χ0n) is 13.1. The fourth-order valence-corrected chi connectivity index (χ4v) is 3.46. The molecule has 1 aliphatic carbocycles. The molecule has 1 aliphatic rings. The van der Waals surface area contributed by atoms with Crippen LogP contribution in [0.2, 0.25) is 5.15 Å². The SMILES string of the molecule is O=C(NC1(c2ccccc2)CCC1)c1ccc2nc(Cl)ccc2c1.